The molecule has 0 aliphatic heterocycles. The number of aromatic nitrogens is 4. The van der Waals surface area contributed by atoms with Crippen LogP contribution in [0, 0.1) is 0 Å². The Morgan fingerprint density at radius 1 is 0.857 bits per heavy atom. The van der Waals surface area contributed by atoms with Crippen molar-refractivity contribution in [2.45, 2.75) is 48.8 Å². The molecule has 2 aromatic heterocycles. The van der Waals surface area contributed by atoms with E-state index in [4.69, 9.17) is 14.0 Å². The minimum absolute atomic E-state index is 0.500. The monoisotopic (exact) mass is 488 g/mol. The predicted molar refractivity (Wildman–Crippen MR) is 136 cm³/mol. The lowest BCUT2D eigenvalue weighted by molar-refractivity contribution is 0.355. The van der Waals surface area contributed by atoms with E-state index in [1.54, 1.807) is 14.2 Å². The molecular formula is C27H28N4O3S. The molecule has 1 fully saturated rings. The average Bonchev–Trinajstić information content (AvgIpc) is 3.41. The Morgan fingerprint density at radius 2 is 1.63 bits per heavy atom. The van der Waals surface area contributed by atoms with Gasteiger partial charge in [-0.2, -0.15) is 4.98 Å². The van der Waals surface area contributed by atoms with E-state index in [9.17, 15) is 0 Å². The van der Waals surface area contributed by atoms with E-state index in [2.05, 4.69) is 44.6 Å². The van der Waals surface area contributed by atoms with Gasteiger partial charge >= 0.3 is 0 Å². The number of rotatable bonds is 8. The van der Waals surface area contributed by atoms with Gasteiger partial charge in [-0.25, -0.2) is 0 Å². The minimum Gasteiger partial charge on any atom is -0.493 e. The first-order valence-corrected chi connectivity index (χ1v) is 12.8. The van der Waals surface area contributed by atoms with Crippen molar-refractivity contribution in [3.63, 3.8) is 0 Å². The van der Waals surface area contributed by atoms with Gasteiger partial charge < -0.3 is 14.0 Å². The normalized spacial score (nSPS) is 14.1. The van der Waals surface area contributed by atoms with Crippen molar-refractivity contribution in [2.24, 2.45) is 0 Å². The molecule has 0 unspecified atom stereocenters. The first kappa shape index (κ1) is 23.4. The Kier molecular flexibility index (Phi) is 7.28. The Balaban J connectivity index is 1.20. The van der Waals surface area contributed by atoms with Crippen LogP contribution in [0.25, 0.3) is 22.6 Å². The average molecular weight is 489 g/mol. The molecule has 7 nitrogen and oxygen atoms in total. The van der Waals surface area contributed by atoms with Gasteiger partial charge in [0, 0.05) is 11.1 Å². The second-order valence-corrected chi connectivity index (χ2v) is 9.58. The summed E-state index contributed by atoms with van der Waals surface area (Å²) in [6.45, 7) is 0. The largest absolute Gasteiger partial charge is 0.493 e. The fourth-order valence-corrected chi connectivity index (χ4v) is 5.11. The lowest BCUT2D eigenvalue weighted by Gasteiger charge is -2.22. The molecule has 0 N–H and O–H groups in total. The summed E-state index contributed by atoms with van der Waals surface area (Å²) in [6.07, 6.45) is 6.68. The summed E-state index contributed by atoms with van der Waals surface area (Å²) in [4.78, 5) is 4.50. The zero-order valence-corrected chi connectivity index (χ0v) is 20.8. The summed E-state index contributed by atoms with van der Waals surface area (Å²) < 4.78 is 16.1. The van der Waals surface area contributed by atoms with Crippen LogP contribution in [0.2, 0.25) is 0 Å². The molecule has 0 spiro atoms. The Hall–Kier alpha value is -3.39. The van der Waals surface area contributed by atoms with Crippen LogP contribution in [0.4, 0.5) is 0 Å². The van der Waals surface area contributed by atoms with Crippen LogP contribution >= 0.6 is 11.8 Å². The highest BCUT2D eigenvalue weighted by Crippen LogP contribution is 2.34. The van der Waals surface area contributed by atoms with E-state index in [-0.39, 0.29) is 0 Å². The van der Waals surface area contributed by atoms with Gasteiger partial charge in [-0.15, -0.1) is 10.2 Å². The molecule has 1 aliphatic carbocycles. The zero-order valence-electron chi connectivity index (χ0n) is 19.9. The van der Waals surface area contributed by atoms with Crippen molar-refractivity contribution in [3.8, 4) is 34.1 Å². The first-order valence-electron chi connectivity index (χ1n) is 11.9. The third-order valence-corrected chi connectivity index (χ3v) is 7.28. The minimum atomic E-state index is 0.500. The van der Waals surface area contributed by atoms with Crippen LogP contribution in [0.3, 0.4) is 0 Å². The van der Waals surface area contributed by atoms with Crippen molar-refractivity contribution in [1.29, 1.82) is 0 Å². The van der Waals surface area contributed by atoms with Crippen LogP contribution in [0.5, 0.6) is 11.5 Å². The molecule has 0 radical (unpaired) electrons. The topological polar surface area (TPSA) is 83.2 Å². The third kappa shape index (κ3) is 5.48. The van der Waals surface area contributed by atoms with Crippen molar-refractivity contribution >= 4 is 11.8 Å². The van der Waals surface area contributed by atoms with Crippen LogP contribution < -0.4 is 9.47 Å². The first-order chi connectivity index (χ1) is 17.2. The maximum atomic E-state index is 5.42. The predicted octanol–water partition coefficient (Wildman–Crippen LogP) is 6.55. The SMILES string of the molecule is COc1ccc(-c2noc(CSc3ccc(-c4ccc(C5CCCCC5)cc4)nn3)n2)cc1OC. The van der Waals surface area contributed by atoms with Gasteiger partial charge in [-0.3, -0.25) is 0 Å². The molecule has 1 saturated carbocycles. The van der Waals surface area contributed by atoms with Crippen molar-refractivity contribution in [2.75, 3.05) is 14.2 Å². The molecule has 8 heteroatoms. The molecule has 2 aromatic carbocycles. The fourth-order valence-electron chi connectivity index (χ4n) is 4.45. The Bertz CT molecular complexity index is 1250. The maximum absolute atomic E-state index is 5.42. The van der Waals surface area contributed by atoms with Gasteiger partial charge in [0.15, 0.2) is 11.5 Å². The number of ether oxygens (including phenoxy) is 2. The molecule has 0 bridgehead atoms. The molecule has 5 rings (SSSR count). The van der Waals surface area contributed by atoms with Crippen LogP contribution in [-0.2, 0) is 5.75 Å². The molecule has 0 atom stereocenters. The fraction of sp³-hybridized carbons (Fsp3) is 0.333. The molecule has 4 aromatic rings. The van der Waals surface area contributed by atoms with Crippen LogP contribution in [0.1, 0.15) is 49.5 Å². The van der Waals surface area contributed by atoms with Gasteiger partial charge in [-0.1, -0.05) is 60.4 Å². The number of thioether (sulfide) groups is 1. The second-order valence-electron chi connectivity index (χ2n) is 8.58. The summed E-state index contributed by atoms with van der Waals surface area (Å²) in [5, 5.41) is 13.7. The molecule has 0 saturated heterocycles. The van der Waals surface area contributed by atoms with Gasteiger partial charge in [0.25, 0.3) is 0 Å². The van der Waals surface area contributed by atoms with Gasteiger partial charge in [0.1, 0.15) is 5.03 Å². The zero-order chi connectivity index (χ0) is 24.0. The molecule has 0 amide bonds. The molecule has 1 aliphatic rings. The second kappa shape index (κ2) is 10.9. The number of hydrogen-bond acceptors (Lipinski definition) is 8. The summed E-state index contributed by atoms with van der Waals surface area (Å²) >= 11 is 1.51. The van der Waals surface area contributed by atoms with E-state index >= 15 is 0 Å². The smallest absolute Gasteiger partial charge is 0.237 e. The van der Waals surface area contributed by atoms with Crippen molar-refractivity contribution < 1.29 is 14.0 Å². The quantitative estimate of drug-likeness (QED) is 0.258. The highest BCUT2D eigenvalue weighted by atomic mass is 32.2. The molecule has 35 heavy (non-hydrogen) atoms. The Morgan fingerprint density at radius 3 is 2.34 bits per heavy atom. The van der Waals surface area contributed by atoms with E-state index in [1.807, 2.05) is 30.3 Å². The summed E-state index contributed by atoms with van der Waals surface area (Å²) in [5.74, 6) is 3.50. The van der Waals surface area contributed by atoms with E-state index in [0.29, 0.717) is 34.9 Å². The number of benzene rings is 2. The van der Waals surface area contributed by atoms with Gasteiger partial charge in [0.2, 0.25) is 11.7 Å². The Labute approximate surface area is 209 Å². The van der Waals surface area contributed by atoms with E-state index in [0.717, 1.165) is 21.8 Å². The van der Waals surface area contributed by atoms with E-state index in [1.165, 1.54) is 49.4 Å². The molecular weight excluding hydrogens is 460 g/mol. The lowest BCUT2D eigenvalue weighted by Crippen LogP contribution is -2.04. The number of methoxy groups -OCH3 is 2. The molecule has 2 heterocycles. The lowest BCUT2D eigenvalue weighted by atomic mass is 9.84. The number of nitrogens with zero attached hydrogens (tertiary/aromatic N) is 4. The van der Waals surface area contributed by atoms with Gasteiger partial charge in [-0.05, 0) is 54.7 Å². The van der Waals surface area contributed by atoms with Crippen LogP contribution in [0.15, 0.2) is 64.1 Å². The van der Waals surface area contributed by atoms with Crippen molar-refractivity contribution in [3.05, 3.63) is 66.1 Å². The summed E-state index contributed by atoms with van der Waals surface area (Å²) in [6, 6.07) is 18.3. The van der Waals surface area contributed by atoms with Crippen LogP contribution in [-0.4, -0.2) is 34.6 Å². The van der Waals surface area contributed by atoms with Gasteiger partial charge in [0.05, 0.1) is 25.7 Å². The van der Waals surface area contributed by atoms with Crippen molar-refractivity contribution in [1.82, 2.24) is 20.3 Å². The molecule has 180 valence electrons. The number of hydrogen-bond donors (Lipinski definition) is 0. The summed E-state index contributed by atoms with van der Waals surface area (Å²) in [7, 11) is 3.20. The summed E-state index contributed by atoms with van der Waals surface area (Å²) in [5.41, 5.74) is 4.20. The highest BCUT2D eigenvalue weighted by Gasteiger charge is 2.16. The maximum Gasteiger partial charge on any atom is 0.237 e. The highest BCUT2D eigenvalue weighted by molar-refractivity contribution is 7.98. The standard InChI is InChI=1S/C27H28N4O3S/c1-32-23-14-12-21(16-24(23)33-2)27-28-25(34-31-27)17-35-26-15-13-22(29-30-26)20-10-8-19(9-11-20)18-6-4-3-5-7-18/h8-16,18H,3-7,17H2,1-2H3. The third-order valence-electron chi connectivity index (χ3n) is 6.38. The van der Waals surface area contributed by atoms with E-state index < -0.39 is 0 Å².